The normalized spacial score (nSPS) is 14.4. The van der Waals surface area contributed by atoms with Crippen LogP contribution in [0.3, 0.4) is 0 Å². The van der Waals surface area contributed by atoms with Crippen molar-refractivity contribution in [1.82, 2.24) is 0 Å². The molecule has 1 unspecified atom stereocenters. The van der Waals surface area contributed by atoms with Gasteiger partial charge in [-0.25, -0.2) is 0 Å². The highest BCUT2D eigenvalue weighted by molar-refractivity contribution is 7.89. The summed E-state index contributed by atoms with van der Waals surface area (Å²) in [5.41, 5.74) is -1.39. The average molecular weight is 304 g/mol. The quantitative estimate of drug-likeness (QED) is 0.799. The Hall–Kier alpha value is -0.890. The molecule has 0 N–H and O–H groups in total. The van der Waals surface area contributed by atoms with E-state index in [4.69, 9.17) is 0 Å². The van der Waals surface area contributed by atoms with E-state index in [-0.39, 0.29) is 0 Å². The van der Waals surface area contributed by atoms with Crippen LogP contribution < -0.4 is 0 Å². The number of hydrogen-bond acceptors (Lipinski definition) is 5. The highest BCUT2D eigenvalue weighted by Crippen LogP contribution is 2.37. The van der Waals surface area contributed by atoms with Gasteiger partial charge in [0.2, 0.25) is 0 Å². The van der Waals surface area contributed by atoms with E-state index in [9.17, 15) is 26.2 Å². The minimum Gasteiger partial charge on any atom is -0.313 e. The van der Waals surface area contributed by atoms with E-state index in [1.165, 1.54) is 0 Å². The lowest BCUT2D eigenvalue weighted by Crippen LogP contribution is -2.13. The first kappa shape index (κ1) is 15.2. The molecule has 0 aromatic heterocycles. The summed E-state index contributed by atoms with van der Waals surface area (Å²) in [7, 11) is -7.29. The first-order chi connectivity index (χ1) is 8.18. The third-order valence-electron chi connectivity index (χ3n) is 1.81. The second-order valence-corrected chi connectivity index (χ2v) is 5.91. The molecule has 0 heterocycles. The van der Waals surface area contributed by atoms with Crippen molar-refractivity contribution >= 4 is 18.4 Å². The van der Waals surface area contributed by atoms with Crippen LogP contribution in [-0.4, -0.2) is 15.5 Å². The van der Waals surface area contributed by atoms with E-state index in [0.29, 0.717) is 12.1 Å². The second-order valence-electron chi connectivity index (χ2n) is 2.99. The Morgan fingerprint density at radius 1 is 1.22 bits per heavy atom. The Bertz CT molecular complexity index is 554. The third kappa shape index (κ3) is 3.55. The van der Waals surface area contributed by atoms with Gasteiger partial charge in [-0.3, -0.25) is 4.57 Å². The summed E-state index contributed by atoms with van der Waals surface area (Å²) in [6.45, 7) is 0. The molecule has 0 aliphatic heterocycles. The van der Waals surface area contributed by atoms with Crippen LogP contribution in [0.15, 0.2) is 29.2 Å². The summed E-state index contributed by atoms with van der Waals surface area (Å²) in [6, 6.07) is 3.42. The molecule has 0 aliphatic carbocycles. The standard InChI is InChI=1S/C8H8F3O5PS/c1-15-17(12)16-18(13,14)7-5-3-2-4-6(7)8(9,10)11/h2-5,17H,1H3. The molecule has 102 valence electrons. The number of rotatable bonds is 4. The van der Waals surface area contributed by atoms with Gasteiger partial charge in [-0.1, -0.05) is 12.1 Å². The van der Waals surface area contributed by atoms with Crippen LogP contribution in [-0.2, 0) is 29.4 Å². The molecular formula is C8H8F3O5PS. The molecule has 0 bridgehead atoms. The summed E-state index contributed by atoms with van der Waals surface area (Å²) < 4.78 is 79.7. The lowest BCUT2D eigenvalue weighted by molar-refractivity contribution is -0.139. The van der Waals surface area contributed by atoms with Gasteiger partial charge in [-0.15, -0.1) is 0 Å². The lowest BCUT2D eigenvalue weighted by atomic mass is 10.2. The van der Waals surface area contributed by atoms with Crippen LogP contribution in [0.2, 0.25) is 0 Å². The Morgan fingerprint density at radius 2 is 1.78 bits per heavy atom. The zero-order valence-electron chi connectivity index (χ0n) is 8.89. The van der Waals surface area contributed by atoms with Crippen LogP contribution >= 0.6 is 8.25 Å². The van der Waals surface area contributed by atoms with Crippen LogP contribution in [0.1, 0.15) is 5.56 Å². The van der Waals surface area contributed by atoms with Crippen molar-refractivity contribution in [3.63, 3.8) is 0 Å². The molecule has 5 nitrogen and oxygen atoms in total. The zero-order valence-corrected chi connectivity index (χ0v) is 10.7. The van der Waals surface area contributed by atoms with E-state index in [1.54, 1.807) is 0 Å². The SMILES string of the molecule is CO[PH](=O)OS(=O)(=O)c1ccccc1C(F)(F)F. The summed E-state index contributed by atoms with van der Waals surface area (Å²) in [6.07, 6.45) is -4.87. The first-order valence-electron chi connectivity index (χ1n) is 4.37. The lowest BCUT2D eigenvalue weighted by Gasteiger charge is -2.12. The number of hydrogen-bond donors (Lipinski definition) is 0. The highest BCUT2D eigenvalue weighted by Gasteiger charge is 2.37. The Balaban J connectivity index is 3.30. The summed E-state index contributed by atoms with van der Waals surface area (Å²) in [4.78, 5) is -1.10. The molecule has 0 spiro atoms. The van der Waals surface area contributed by atoms with Gasteiger partial charge in [0, 0.05) is 7.11 Å². The van der Waals surface area contributed by atoms with Crippen molar-refractivity contribution in [2.45, 2.75) is 11.1 Å². The molecule has 0 fully saturated rings. The first-order valence-corrected chi connectivity index (χ1v) is 7.00. The highest BCUT2D eigenvalue weighted by atomic mass is 32.2. The molecular weight excluding hydrogens is 296 g/mol. The van der Waals surface area contributed by atoms with Crippen LogP contribution in [0.5, 0.6) is 0 Å². The minimum absolute atomic E-state index is 0.584. The Kier molecular flexibility index (Phi) is 4.55. The van der Waals surface area contributed by atoms with Gasteiger partial charge in [0.25, 0.3) is 0 Å². The second kappa shape index (κ2) is 5.40. The number of halogens is 3. The summed E-state index contributed by atoms with van der Waals surface area (Å²) >= 11 is 0. The molecule has 1 aromatic carbocycles. The van der Waals surface area contributed by atoms with Crippen molar-refractivity contribution in [3.05, 3.63) is 29.8 Å². The largest absolute Gasteiger partial charge is 0.417 e. The van der Waals surface area contributed by atoms with E-state index < -0.39 is 35.0 Å². The predicted molar refractivity (Wildman–Crippen MR) is 55.7 cm³/mol. The molecule has 0 aliphatic rings. The topological polar surface area (TPSA) is 69.7 Å². The van der Waals surface area contributed by atoms with Crippen molar-refractivity contribution in [3.8, 4) is 0 Å². The fraction of sp³-hybridized carbons (Fsp3) is 0.250. The Morgan fingerprint density at radius 3 is 2.28 bits per heavy atom. The molecule has 0 saturated carbocycles. The monoisotopic (exact) mass is 304 g/mol. The van der Waals surface area contributed by atoms with E-state index in [0.717, 1.165) is 19.2 Å². The maximum absolute atomic E-state index is 12.6. The van der Waals surface area contributed by atoms with Gasteiger partial charge >= 0.3 is 24.5 Å². The smallest absolute Gasteiger partial charge is 0.313 e. The fourth-order valence-corrected chi connectivity index (χ4v) is 3.13. The molecule has 0 saturated heterocycles. The maximum atomic E-state index is 12.6. The summed E-state index contributed by atoms with van der Waals surface area (Å²) in [5.74, 6) is 0. The van der Waals surface area contributed by atoms with E-state index >= 15 is 0 Å². The van der Waals surface area contributed by atoms with Gasteiger partial charge < -0.3 is 4.52 Å². The number of benzene rings is 1. The van der Waals surface area contributed by atoms with E-state index in [2.05, 4.69) is 8.49 Å². The predicted octanol–water partition coefficient (Wildman–Crippen LogP) is 2.45. The van der Waals surface area contributed by atoms with Crippen LogP contribution in [0.4, 0.5) is 13.2 Å². The molecule has 1 aromatic rings. The average Bonchev–Trinajstić information content (AvgIpc) is 2.27. The fourth-order valence-electron chi connectivity index (χ4n) is 1.09. The molecule has 0 amide bonds. The van der Waals surface area contributed by atoms with Gasteiger partial charge in [-0.05, 0) is 12.1 Å². The molecule has 1 rings (SSSR count). The summed E-state index contributed by atoms with van der Waals surface area (Å²) in [5, 5.41) is 0. The van der Waals surface area contributed by atoms with Crippen LogP contribution in [0.25, 0.3) is 0 Å². The number of alkyl halides is 3. The van der Waals surface area contributed by atoms with Gasteiger partial charge in [-0.2, -0.15) is 25.6 Å². The van der Waals surface area contributed by atoms with Crippen molar-refractivity contribution < 1.29 is 34.6 Å². The zero-order chi connectivity index (χ0) is 14.0. The van der Waals surface area contributed by atoms with Gasteiger partial charge in [0.1, 0.15) is 4.90 Å². The third-order valence-corrected chi connectivity index (χ3v) is 4.46. The Labute approximate surface area is 102 Å². The molecule has 1 atom stereocenters. The molecule has 0 radical (unpaired) electrons. The van der Waals surface area contributed by atoms with Gasteiger partial charge in [0.05, 0.1) is 5.56 Å². The van der Waals surface area contributed by atoms with Gasteiger partial charge in [0.15, 0.2) is 0 Å². The van der Waals surface area contributed by atoms with E-state index in [1.807, 2.05) is 0 Å². The maximum Gasteiger partial charge on any atom is 0.417 e. The molecule has 10 heteroatoms. The van der Waals surface area contributed by atoms with Crippen molar-refractivity contribution in [2.24, 2.45) is 0 Å². The van der Waals surface area contributed by atoms with Crippen LogP contribution in [0, 0.1) is 0 Å². The van der Waals surface area contributed by atoms with Crippen molar-refractivity contribution in [2.75, 3.05) is 7.11 Å². The minimum atomic E-state index is -4.87. The molecule has 18 heavy (non-hydrogen) atoms. The van der Waals surface area contributed by atoms with Crippen molar-refractivity contribution in [1.29, 1.82) is 0 Å².